The van der Waals surface area contributed by atoms with Crippen molar-refractivity contribution in [1.29, 1.82) is 0 Å². The lowest BCUT2D eigenvalue weighted by Crippen LogP contribution is -2.38. The van der Waals surface area contributed by atoms with E-state index < -0.39 is 0 Å². The van der Waals surface area contributed by atoms with Gasteiger partial charge in [0.25, 0.3) is 11.8 Å². The number of piperidine rings is 1. The van der Waals surface area contributed by atoms with E-state index in [1.165, 1.54) is 4.90 Å². The number of nitrogens with zero attached hydrogens (tertiary/aromatic N) is 2. The third-order valence-corrected chi connectivity index (χ3v) is 6.28. The van der Waals surface area contributed by atoms with Gasteiger partial charge in [-0.1, -0.05) is 31.2 Å². The van der Waals surface area contributed by atoms with Crippen LogP contribution in [0.3, 0.4) is 0 Å². The largest absolute Gasteiger partial charge is 0.491 e. The summed E-state index contributed by atoms with van der Waals surface area (Å²) in [6.07, 6.45) is 2.10. The van der Waals surface area contributed by atoms with E-state index >= 15 is 0 Å². The van der Waals surface area contributed by atoms with Gasteiger partial charge in [-0.3, -0.25) is 9.59 Å². The van der Waals surface area contributed by atoms with Crippen LogP contribution in [0.25, 0.3) is 5.57 Å². The average Bonchev–Trinajstić information content (AvgIpc) is 3.01. The van der Waals surface area contributed by atoms with Crippen LogP contribution >= 0.6 is 0 Å². The maximum atomic E-state index is 13.7. The second kappa shape index (κ2) is 8.81. The number of rotatable bonds is 5. The number of carbonyl (C=O) groups excluding carboxylic acids is 2. The molecule has 5 heteroatoms. The zero-order valence-electron chi connectivity index (χ0n) is 19.6. The Morgan fingerprint density at radius 2 is 1.59 bits per heavy atom. The maximum Gasteiger partial charge on any atom is 0.282 e. The van der Waals surface area contributed by atoms with Crippen LogP contribution in [0.1, 0.15) is 50.3 Å². The molecule has 2 aliphatic rings. The summed E-state index contributed by atoms with van der Waals surface area (Å²) >= 11 is 0. The van der Waals surface area contributed by atoms with Crippen LogP contribution in [0.2, 0.25) is 0 Å². The molecule has 32 heavy (non-hydrogen) atoms. The molecule has 5 nitrogen and oxygen atoms in total. The Hall–Kier alpha value is -3.08. The number of carbonyl (C=O) groups is 2. The average molecular weight is 433 g/mol. The van der Waals surface area contributed by atoms with Crippen LogP contribution < -0.4 is 9.64 Å². The van der Waals surface area contributed by atoms with Gasteiger partial charge >= 0.3 is 0 Å². The molecule has 0 radical (unpaired) electrons. The summed E-state index contributed by atoms with van der Waals surface area (Å²) in [5, 5.41) is 0. The Balaban J connectivity index is 1.79. The molecule has 0 aliphatic carbocycles. The molecule has 2 aromatic carbocycles. The monoisotopic (exact) mass is 432 g/mol. The van der Waals surface area contributed by atoms with Gasteiger partial charge in [-0.15, -0.1) is 0 Å². The van der Waals surface area contributed by atoms with Crippen molar-refractivity contribution in [2.24, 2.45) is 5.92 Å². The van der Waals surface area contributed by atoms with Gasteiger partial charge in [-0.05, 0) is 81.3 Å². The van der Waals surface area contributed by atoms with E-state index in [-0.39, 0.29) is 17.9 Å². The van der Waals surface area contributed by atoms with Crippen LogP contribution in [0, 0.1) is 19.8 Å². The van der Waals surface area contributed by atoms with Gasteiger partial charge in [-0.25, -0.2) is 4.90 Å². The minimum absolute atomic E-state index is 0.0699. The number of imide groups is 1. The van der Waals surface area contributed by atoms with Gasteiger partial charge < -0.3 is 9.64 Å². The van der Waals surface area contributed by atoms with Gasteiger partial charge in [0.2, 0.25) is 0 Å². The lowest BCUT2D eigenvalue weighted by molar-refractivity contribution is -0.120. The lowest BCUT2D eigenvalue weighted by Gasteiger charge is -2.32. The minimum atomic E-state index is -0.255. The Kier molecular flexibility index (Phi) is 6.09. The van der Waals surface area contributed by atoms with Crippen molar-refractivity contribution in [3.8, 4) is 5.75 Å². The van der Waals surface area contributed by atoms with E-state index in [2.05, 4.69) is 11.8 Å². The predicted octanol–water partition coefficient (Wildman–Crippen LogP) is 5.11. The van der Waals surface area contributed by atoms with Gasteiger partial charge in [0.15, 0.2) is 0 Å². The van der Waals surface area contributed by atoms with Crippen LogP contribution in [-0.2, 0) is 9.59 Å². The summed E-state index contributed by atoms with van der Waals surface area (Å²) in [5.74, 6) is 0.900. The number of hydrogen-bond acceptors (Lipinski definition) is 4. The molecule has 1 fully saturated rings. The molecule has 0 N–H and O–H groups in total. The summed E-state index contributed by atoms with van der Waals surface area (Å²) in [4.78, 5) is 31.0. The predicted molar refractivity (Wildman–Crippen MR) is 128 cm³/mol. The molecule has 168 valence electrons. The third kappa shape index (κ3) is 4.16. The molecule has 0 atom stereocenters. The summed E-state index contributed by atoms with van der Waals surface area (Å²) in [6.45, 7) is 11.7. The number of likely N-dealkylation sites (tertiary alicyclic amines) is 1. The SMILES string of the molecule is Cc1ccc(C)c(N2C(=O)C(c3ccc(OC(C)C)cc3)=C(N3CCC(C)CC3)C2=O)c1. The number of hydrogen-bond donors (Lipinski definition) is 0. The Labute approximate surface area is 190 Å². The molecule has 2 amide bonds. The summed E-state index contributed by atoms with van der Waals surface area (Å²) in [5.41, 5.74) is 4.36. The summed E-state index contributed by atoms with van der Waals surface area (Å²) in [7, 11) is 0. The second-order valence-corrected chi connectivity index (χ2v) is 9.32. The number of amides is 2. The molecular weight excluding hydrogens is 400 g/mol. The molecule has 0 aromatic heterocycles. The van der Waals surface area contributed by atoms with Crippen molar-refractivity contribution in [3.05, 3.63) is 64.9 Å². The lowest BCUT2D eigenvalue weighted by atomic mass is 9.97. The van der Waals surface area contributed by atoms with Crippen molar-refractivity contribution in [1.82, 2.24) is 4.90 Å². The fourth-order valence-corrected chi connectivity index (χ4v) is 4.46. The Bertz CT molecular complexity index is 1060. The third-order valence-electron chi connectivity index (χ3n) is 6.28. The zero-order chi connectivity index (χ0) is 23.0. The zero-order valence-corrected chi connectivity index (χ0v) is 19.6. The molecular formula is C27H32N2O3. The molecule has 0 spiro atoms. The van der Waals surface area contributed by atoms with E-state index in [0.29, 0.717) is 22.9 Å². The van der Waals surface area contributed by atoms with Gasteiger partial charge in [0, 0.05) is 13.1 Å². The van der Waals surface area contributed by atoms with Crippen molar-refractivity contribution >= 4 is 23.1 Å². The van der Waals surface area contributed by atoms with Crippen molar-refractivity contribution < 1.29 is 14.3 Å². The highest BCUT2D eigenvalue weighted by molar-refractivity contribution is 6.45. The molecule has 0 bridgehead atoms. The standard InChI is InChI=1S/C27H32N2O3/c1-17(2)32-22-10-8-21(9-11-22)24-25(28-14-12-18(3)13-15-28)27(31)29(26(24)30)23-16-19(4)6-7-20(23)5/h6-11,16-18H,12-15H2,1-5H3. The van der Waals surface area contributed by atoms with E-state index in [1.54, 1.807) is 0 Å². The molecule has 0 saturated carbocycles. The van der Waals surface area contributed by atoms with Gasteiger partial charge in [0.05, 0.1) is 17.4 Å². The molecule has 2 heterocycles. The maximum absolute atomic E-state index is 13.7. The van der Waals surface area contributed by atoms with Crippen molar-refractivity contribution in [3.63, 3.8) is 0 Å². The van der Waals surface area contributed by atoms with E-state index in [0.717, 1.165) is 48.4 Å². The van der Waals surface area contributed by atoms with E-state index in [9.17, 15) is 9.59 Å². The molecule has 4 rings (SSSR count). The van der Waals surface area contributed by atoms with Gasteiger partial charge in [-0.2, -0.15) is 0 Å². The normalized spacial score (nSPS) is 17.7. The topological polar surface area (TPSA) is 49.9 Å². The Morgan fingerprint density at radius 1 is 0.938 bits per heavy atom. The highest BCUT2D eigenvalue weighted by atomic mass is 16.5. The minimum Gasteiger partial charge on any atom is -0.491 e. The van der Waals surface area contributed by atoms with Gasteiger partial charge in [0.1, 0.15) is 11.4 Å². The fraction of sp³-hybridized carbons (Fsp3) is 0.407. The summed E-state index contributed by atoms with van der Waals surface area (Å²) < 4.78 is 5.77. The first-order valence-electron chi connectivity index (χ1n) is 11.5. The molecule has 2 aliphatic heterocycles. The van der Waals surface area contributed by atoms with Crippen LogP contribution in [-0.4, -0.2) is 35.9 Å². The molecule has 2 aromatic rings. The van der Waals surface area contributed by atoms with Crippen LogP contribution in [0.4, 0.5) is 5.69 Å². The molecule has 0 unspecified atom stereocenters. The molecule has 1 saturated heterocycles. The first-order chi connectivity index (χ1) is 15.3. The fourth-order valence-electron chi connectivity index (χ4n) is 4.46. The van der Waals surface area contributed by atoms with E-state index in [4.69, 9.17) is 4.74 Å². The second-order valence-electron chi connectivity index (χ2n) is 9.32. The van der Waals surface area contributed by atoms with Crippen LogP contribution in [0.5, 0.6) is 5.75 Å². The number of anilines is 1. The smallest absolute Gasteiger partial charge is 0.282 e. The highest BCUT2D eigenvalue weighted by Gasteiger charge is 2.43. The van der Waals surface area contributed by atoms with Crippen LogP contribution in [0.15, 0.2) is 48.2 Å². The first kappa shape index (κ1) is 22.1. The van der Waals surface area contributed by atoms with Crippen molar-refractivity contribution in [2.75, 3.05) is 18.0 Å². The Morgan fingerprint density at radius 3 is 2.22 bits per heavy atom. The number of benzene rings is 2. The summed E-state index contributed by atoms with van der Waals surface area (Å²) in [6, 6.07) is 13.4. The van der Waals surface area contributed by atoms with E-state index in [1.807, 2.05) is 70.2 Å². The first-order valence-corrected chi connectivity index (χ1v) is 11.5. The van der Waals surface area contributed by atoms with Crippen molar-refractivity contribution in [2.45, 2.75) is 53.6 Å². The number of ether oxygens (including phenoxy) is 1. The highest BCUT2D eigenvalue weighted by Crippen LogP contribution is 2.38. The quantitative estimate of drug-likeness (QED) is 0.617. The number of aryl methyl sites for hydroxylation is 2.